The van der Waals surface area contributed by atoms with Crippen LogP contribution in [0.2, 0.25) is 0 Å². The third-order valence-electron chi connectivity index (χ3n) is 4.56. The van der Waals surface area contributed by atoms with Gasteiger partial charge in [0.15, 0.2) is 11.5 Å². The SMILES string of the molecule is COc1ccc(/C(C)=N/NC(=O)C2CC(c3ccccc3)NN2)cc1OC. The molecule has 0 saturated carbocycles. The molecule has 0 radical (unpaired) electrons. The molecule has 2 atom stereocenters. The van der Waals surface area contributed by atoms with E-state index in [0.717, 1.165) is 11.1 Å². The summed E-state index contributed by atoms with van der Waals surface area (Å²) in [5.74, 6) is 1.08. The molecule has 2 unspecified atom stereocenters. The number of benzene rings is 2. The molecule has 3 N–H and O–H groups in total. The van der Waals surface area contributed by atoms with Crippen molar-refractivity contribution in [1.82, 2.24) is 16.3 Å². The topological polar surface area (TPSA) is 84.0 Å². The summed E-state index contributed by atoms with van der Waals surface area (Å²) in [4.78, 5) is 12.4. The molecule has 1 aliphatic rings. The number of ether oxygens (including phenoxy) is 2. The van der Waals surface area contributed by atoms with Crippen molar-refractivity contribution < 1.29 is 14.3 Å². The number of hydrogen-bond acceptors (Lipinski definition) is 6. The number of methoxy groups -OCH3 is 2. The van der Waals surface area contributed by atoms with E-state index in [1.54, 1.807) is 14.2 Å². The van der Waals surface area contributed by atoms with Gasteiger partial charge in [-0.25, -0.2) is 16.3 Å². The second-order valence-electron chi connectivity index (χ2n) is 6.28. The van der Waals surface area contributed by atoms with Gasteiger partial charge in [-0.15, -0.1) is 0 Å². The van der Waals surface area contributed by atoms with Crippen molar-refractivity contribution in [3.8, 4) is 11.5 Å². The molecule has 2 aromatic rings. The van der Waals surface area contributed by atoms with Crippen LogP contribution in [0, 0.1) is 0 Å². The van der Waals surface area contributed by atoms with Gasteiger partial charge in [0.25, 0.3) is 5.91 Å². The smallest absolute Gasteiger partial charge is 0.258 e. The fraction of sp³-hybridized carbons (Fsp3) is 0.300. The predicted octanol–water partition coefficient (Wildman–Crippen LogP) is 2.15. The van der Waals surface area contributed by atoms with Crippen molar-refractivity contribution in [2.24, 2.45) is 5.10 Å². The van der Waals surface area contributed by atoms with Gasteiger partial charge in [0.05, 0.1) is 19.9 Å². The highest BCUT2D eigenvalue weighted by Gasteiger charge is 2.29. The maximum absolute atomic E-state index is 12.4. The number of carbonyl (C=O) groups is 1. The first-order valence-corrected chi connectivity index (χ1v) is 8.75. The van der Waals surface area contributed by atoms with E-state index in [0.29, 0.717) is 23.6 Å². The van der Waals surface area contributed by atoms with Crippen LogP contribution in [-0.2, 0) is 4.79 Å². The minimum absolute atomic E-state index is 0.0953. The summed E-state index contributed by atoms with van der Waals surface area (Å²) in [5.41, 5.74) is 11.5. The maximum atomic E-state index is 12.4. The summed E-state index contributed by atoms with van der Waals surface area (Å²) in [6.45, 7) is 1.83. The van der Waals surface area contributed by atoms with Crippen molar-refractivity contribution in [3.05, 3.63) is 59.7 Å². The van der Waals surface area contributed by atoms with Gasteiger partial charge >= 0.3 is 0 Å². The lowest BCUT2D eigenvalue weighted by molar-refractivity contribution is -0.122. The van der Waals surface area contributed by atoms with Gasteiger partial charge in [0, 0.05) is 11.6 Å². The quantitative estimate of drug-likeness (QED) is 0.537. The molecule has 1 fully saturated rings. The second-order valence-corrected chi connectivity index (χ2v) is 6.28. The molecule has 0 aromatic heterocycles. The Kier molecular flexibility index (Phi) is 6.05. The zero-order chi connectivity index (χ0) is 19.2. The average molecular weight is 368 g/mol. The fourth-order valence-corrected chi connectivity index (χ4v) is 2.97. The third kappa shape index (κ3) is 4.45. The van der Waals surface area contributed by atoms with Crippen molar-refractivity contribution in [2.75, 3.05) is 14.2 Å². The van der Waals surface area contributed by atoms with E-state index in [1.165, 1.54) is 0 Å². The summed E-state index contributed by atoms with van der Waals surface area (Å²) >= 11 is 0. The normalized spacial score (nSPS) is 19.6. The van der Waals surface area contributed by atoms with E-state index in [9.17, 15) is 4.79 Å². The molecule has 0 aliphatic carbocycles. The molecular formula is C20H24N4O3. The van der Waals surface area contributed by atoms with Crippen LogP contribution in [0.4, 0.5) is 0 Å². The molecule has 0 bridgehead atoms. The molecule has 1 aliphatic heterocycles. The Labute approximate surface area is 158 Å². The van der Waals surface area contributed by atoms with Gasteiger partial charge in [0.2, 0.25) is 0 Å². The summed E-state index contributed by atoms with van der Waals surface area (Å²) in [5, 5.41) is 4.22. The summed E-state index contributed by atoms with van der Waals surface area (Å²) in [6, 6.07) is 15.3. The van der Waals surface area contributed by atoms with Crippen LogP contribution in [0.1, 0.15) is 30.5 Å². The highest BCUT2D eigenvalue weighted by Crippen LogP contribution is 2.27. The maximum Gasteiger partial charge on any atom is 0.258 e. The van der Waals surface area contributed by atoms with E-state index in [1.807, 2.05) is 55.5 Å². The molecule has 0 spiro atoms. The Balaban J connectivity index is 1.61. The van der Waals surface area contributed by atoms with Crippen molar-refractivity contribution >= 4 is 11.6 Å². The number of amides is 1. The first-order valence-electron chi connectivity index (χ1n) is 8.75. The predicted molar refractivity (Wildman–Crippen MR) is 104 cm³/mol. The van der Waals surface area contributed by atoms with E-state index in [2.05, 4.69) is 21.4 Å². The molecule has 1 saturated heterocycles. The Bertz CT molecular complexity index is 823. The van der Waals surface area contributed by atoms with Gasteiger partial charge < -0.3 is 9.47 Å². The number of hydrazine groups is 1. The van der Waals surface area contributed by atoms with E-state index >= 15 is 0 Å². The highest BCUT2D eigenvalue weighted by atomic mass is 16.5. The molecule has 27 heavy (non-hydrogen) atoms. The molecule has 1 amide bonds. The highest BCUT2D eigenvalue weighted by molar-refractivity contribution is 6.00. The minimum atomic E-state index is -0.350. The van der Waals surface area contributed by atoms with Crippen molar-refractivity contribution in [3.63, 3.8) is 0 Å². The lowest BCUT2D eigenvalue weighted by Gasteiger charge is -2.10. The standard InChI is InChI=1S/C20H24N4O3/c1-13(15-9-10-18(26-2)19(11-15)27-3)21-24-20(25)17-12-16(22-23-17)14-7-5-4-6-8-14/h4-11,16-17,22-23H,12H2,1-3H3,(H,24,25)/b21-13+. The Hall–Kier alpha value is -2.90. The largest absolute Gasteiger partial charge is 0.493 e. The van der Waals surface area contributed by atoms with Crippen LogP contribution in [0.5, 0.6) is 11.5 Å². The molecule has 7 heteroatoms. The van der Waals surface area contributed by atoms with E-state index in [-0.39, 0.29) is 18.0 Å². The molecule has 7 nitrogen and oxygen atoms in total. The van der Waals surface area contributed by atoms with Gasteiger partial charge in [-0.3, -0.25) is 4.79 Å². The summed E-state index contributed by atoms with van der Waals surface area (Å²) < 4.78 is 10.5. The average Bonchev–Trinajstić information content (AvgIpc) is 3.22. The number of nitrogens with one attached hydrogen (secondary N) is 3. The van der Waals surface area contributed by atoms with Gasteiger partial charge in [0.1, 0.15) is 6.04 Å². The first-order chi connectivity index (χ1) is 13.1. The number of carbonyl (C=O) groups excluding carboxylic acids is 1. The Morgan fingerprint density at radius 1 is 1.07 bits per heavy atom. The zero-order valence-corrected chi connectivity index (χ0v) is 15.7. The minimum Gasteiger partial charge on any atom is -0.493 e. The third-order valence-corrected chi connectivity index (χ3v) is 4.56. The van der Waals surface area contributed by atoms with Crippen molar-refractivity contribution in [1.29, 1.82) is 0 Å². The molecule has 1 heterocycles. The van der Waals surface area contributed by atoms with Crippen LogP contribution in [0.15, 0.2) is 53.6 Å². The molecule has 2 aromatic carbocycles. The molecule has 3 rings (SSSR count). The zero-order valence-electron chi connectivity index (χ0n) is 15.7. The van der Waals surface area contributed by atoms with Crippen LogP contribution >= 0.6 is 0 Å². The van der Waals surface area contributed by atoms with Gasteiger partial charge in [-0.05, 0) is 37.1 Å². The van der Waals surface area contributed by atoms with Crippen LogP contribution in [-0.4, -0.2) is 31.9 Å². The summed E-state index contributed by atoms with van der Waals surface area (Å²) in [6.07, 6.45) is 0.654. The van der Waals surface area contributed by atoms with Crippen molar-refractivity contribution in [2.45, 2.75) is 25.4 Å². The number of nitrogens with zero attached hydrogens (tertiary/aromatic N) is 1. The van der Waals surface area contributed by atoms with Crippen LogP contribution in [0.3, 0.4) is 0 Å². The Morgan fingerprint density at radius 2 is 1.81 bits per heavy atom. The van der Waals surface area contributed by atoms with Gasteiger partial charge in [-0.1, -0.05) is 30.3 Å². The molecular weight excluding hydrogens is 344 g/mol. The fourth-order valence-electron chi connectivity index (χ4n) is 2.97. The number of rotatable bonds is 6. The first kappa shape index (κ1) is 18.9. The lowest BCUT2D eigenvalue weighted by atomic mass is 10.0. The van der Waals surface area contributed by atoms with E-state index in [4.69, 9.17) is 9.47 Å². The van der Waals surface area contributed by atoms with Crippen LogP contribution < -0.4 is 25.8 Å². The summed E-state index contributed by atoms with van der Waals surface area (Å²) in [7, 11) is 3.17. The number of hydrazone groups is 1. The molecule has 142 valence electrons. The van der Waals surface area contributed by atoms with E-state index < -0.39 is 0 Å². The van der Waals surface area contributed by atoms with Gasteiger partial charge in [-0.2, -0.15) is 5.10 Å². The van der Waals surface area contributed by atoms with Crippen LogP contribution in [0.25, 0.3) is 0 Å². The lowest BCUT2D eigenvalue weighted by Crippen LogP contribution is -2.41. The Morgan fingerprint density at radius 3 is 2.52 bits per heavy atom. The number of hydrogen-bond donors (Lipinski definition) is 3. The second kappa shape index (κ2) is 8.66. The monoisotopic (exact) mass is 368 g/mol.